The van der Waals surface area contributed by atoms with E-state index in [-0.39, 0.29) is 32.7 Å². The summed E-state index contributed by atoms with van der Waals surface area (Å²) in [6.07, 6.45) is -0.278. The van der Waals surface area contributed by atoms with E-state index in [1.807, 2.05) is 0 Å². The maximum atomic E-state index is 10.8. The molecule has 0 aromatic carbocycles. The summed E-state index contributed by atoms with van der Waals surface area (Å²) in [5.41, 5.74) is 0. The first kappa shape index (κ1) is 11.9. The van der Waals surface area contributed by atoms with Gasteiger partial charge in [-0.05, 0) is 0 Å². The van der Waals surface area contributed by atoms with Crippen molar-refractivity contribution in [2.75, 3.05) is 26.3 Å². The molecule has 0 heterocycles. The Labute approximate surface area is 75.9 Å². The van der Waals surface area contributed by atoms with Gasteiger partial charge in [0.25, 0.3) is 0 Å². The first-order chi connectivity index (χ1) is 6.20. The molecule has 0 fully saturated rings. The van der Waals surface area contributed by atoms with Gasteiger partial charge in [-0.15, -0.1) is 0 Å². The van der Waals surface area contributed by atoms with Gasteiger partial charge in [0.1, 0.15) is 6.42 Å². The van der Waals surface area contributed by atoms with Crippen LogP contribution in [-0.4, -0.2) is 48.3 Å². The minimum Gasteiger partial charge on any atom is -0.395 e. The Morgan fingerprint density at radius 3 is 1.62 bits per heavy atom. The molecule has 0 aromatic rings. The van der Waals surface area contributed by atoms with Crippen LogP contribution in [0.15, 0.2) is 0 Å². The molecule has 0 spiro atoms. The van der Waals surface area contributed by atoms with Crippen LogP contribution in [0.4, 0.5) is 0 Å². The Morgan fingerprint density at radius 1 is 0.923 bits per heavy atom. The third-order valence-corrected chi connectivity index (χ3v) is 1.19. The van der Waals surface area contributed by atoms with Crippen molar-refractivity contribution in [2.45, 2.75) is 6.42 Å². The van der Waals surface area contributed by atoms with Crippen LogP contribution in [0.2, 0.25) is 0 Å². The highest BCUT2D eigenvalue weighted by Crippen LogP contribution is 1.79. The van der Waals surface area contributed by atoms with E-state index >= 15 is 0 Å². The second kappa shape index (κ2) is 7.51. The van der Waals surface area contributed by atoms with Crippen LogP contribution in [0.5, 0.6) is 0 Å². The summed E-state index contributed by atoms with van der Waals surface area (Å²) in [6.45, 7) is -0.00771. The van der Waals surface area contributed by atoms with Crippen LogP contribution in [0.3, 0.4) is 0 Å². The largest absolute Gasteiger partial charge is 0.395 e. The molecule has 0 saturated heterocycles. The minimum absolute atomic E-state index is 0.145. The molecule has 4 N–H and O–H groups in total. The van der Waals surface area contributed by atoms with Gasteiger partial charge in [0.15, 0.2) is 0 Å². The van der Waals surface area contributed by atoms with Crippen LogP contribution >= 0.6 is 0 Å². The van der Waals surface area contributed by atoms with E-state index in [1.54, 1.807) is 0 Å². The Bertz CT molecular complexity index is 154. The molecule has 6 nitrogen and oxygen atoms in total. The summed E-state index contributed by atoms with van der Waals surface area (Å²) >= 11 is 0. The quantitative estimate of drug-likeness (QED) is 0.351. The third kappa shape index (κ3) is 7.23. The SMILES string of the molecule is O=C(CC(=O)NCCO)NCCO. The Morgan fingerprint density at radius 2 is 1.31 bits per heavy atom. The molecule has 0 bridgehead atoms. The molecule has 2 amide bonds. The molecular formula is C7H14N2O4. The lowest BCUT2D eigenvalue weighted by Gasteiger charge is -2.03. The second-order valence-corrected chi connectivity index (χ2v) is 2.32. The lowest BCUT2D eigenvalue weighted by molar-refractivity contribution is -0.129. The molecule has 0 saturated carbocycles. The maximum Gasteiger partial charge on any atom is 0.229 e. The first-order valence-corrected chi connectivity index (χ1v) is 3.95. The van der Waals surface area contributed by atoms with Crippen LogP contribution in [0, 0.1) is 0 Å². The number of hydrogen-bond donors (Lipinski definition) is 4. The van der Waals surface area contributed by atoms with Crippen molar-refractivity contribution in [1.82, 2.24) is 10.6 Å². The molecule has 0 aromatic heterocycles. The highest BCUT2D eigenvalue weighted by molar-refractivity contribution is 5.96. The Kier molecular flexibility index (Phi) is 6.85. The van der Waals surface area contributed by atoms with Gasteiger partial charge in [-0.3, -0.25) is 9.59 Å². The first-order valence-electron chi connectivity index (χ1n) is 3.95. The highest BCUT2D eigenvalue weighted by Gasteiger charge is 2.06. The number of aliphatic hydroxyl groups excluding tert-OH is 2. The van der Waals surface area contributed by atoms with Gasteiger partial charge in [-0.2, -0.15) is 0 Å². The fraction of sp³-hybridized carbons (Fsp3) is 0.714. The summed E-state index contributed by atoms with van der Waals surface area (Å²) in [5.74, 6) is -0.881. The van der Waals surface area contributed by atoms with Crippen LogP contribution in [-0.2, 0) is 9.59 Å². The van der Waals surface area contributed by atoms with Crippen LogP contribution < -0.4 is 10.6 Å². The fourth-order valence-electron chi connectivity index (χ4n) is 0.661. The molecule has 0 aliphatic heterocycles. The number of rotatable bonds is 6. The van der Waals surface area contributed by atoms with Crippen LogP contribution in [0.1, 0.15) is 6.42 Å². The van der Waals surface area contributed by atoms with Crippen molar-refractivity contribution >= 4 is 11.8 Å². The van der Waals surface area contributed by atoms with Gasteiger partial charge < -0.3 is 20.8 Å². The number of amides is 2. The third-order valence-electron chi connectivity index (χ3n) is 1.19. The highest BCUT2D eigenvalue weighted by atomic mass is 16.3. The zero-order valence-electron chi connectivity index (χ0n) is 7.25. The zero-order valence-corrected chi connectivity index (χ0v) is 7.25. The van der Waals surface area contributed by atoms with Gasteiger partial charge in [0, 0.05) is 13.1 Å². The van der Waals surface area contributed by atoms with Gasteiger partial charge in [0.05, 0.1) is 13.2 Å². The summed E-state index contributed by atoms with van der Waals surface area (Å²) < 4.78 is 0. The fourth-order valence-corrected chi connectivity index (χ4v) is 0.661. The number of carbonyl (C=O) groups excluding carboxylic acids is 2. The summed E-state index contributed by atoms with van der Waals surface area (Å²) in [5, 5.41) is 21.3. The monoisotopic (exact) mass is 190 g/mol. The lowest BCUT2D eigenvalue weighted by Crippen LogP contribution is -2.34. The van der Waals surface area contributed by atoms with Crippen molar-refractivity contribution in [3.8, 4) is 0 Å². The van der Waals surface area contributed by atoms with Crippen molar-refractivity contribution in [1.29, 1.82) is 0 Å². The molecular weight excluding hydrogens is 176 g/mol. The predicted octanol–water partition coefficient (Wildman–Crippen LogP) is -2.41. The van der Waals surface area contributed by atoms with E-state index in [2.05, 4.69) is 10.6 Å². The number of hydrogen-bond acceptors (Lipinski definition) is 4. The average molecular weight is 190 g/mol. The summed E-state index contributed by atoms with van der Waals surface area (Å²) in [6, 6.07) is 0. The van der Waals surface area contributed by atoms with Crippen molar-refractivity contribution < 1.29 is 19.8 Å². The van der Waals surface area contributed by atoms with E-state index in [4.69, 9.17) is 10.2 Å². The number of nitrogens with one attached hydrogen (secondary N) is 2. The molecule has 0 aliphatic carbocycles. The molecule has 0 rings (SSSR count). The molecule has 0 atom stereocenters. The number of aliphatic hydroxyl groups is 2. The average Bonchev–Trinajstić information content (AvgIpc) is 2.11. The maximum absolute atomic E-state index is 10.8. The molecule has 0 unspecified atom stereocenters. The zero-order chi connectivity index (χ0) is 10.1. The molecule has 76 valence electrons. The minimum atomic E-state index is -0.440. The van der Waals surface area contributed by atoms with E-state index < -0.39 is 11.8 Å². The molecule has 13 heavy (non-hydrogen) atoms. The van der Waals surface area contributed by atoms with Gasteiger partial charge in [-0.1, -0.05) is 0 Å². The normalized spacial score (nSPS) is 9.38. The van der Waals surface area contributed by atoms with E-state index in [1.165, 1.54) is 0 Å². The van der Waals surface area contributed by atoms with Gasteiger partial charge >= 0.3 is 0 Å². The summed E-state index contributed by atoms with van der Waals surface area (Å²) in [4.78, 5) is 21.7. The van der Waals surface area contributed by atoms with Gasteiger partial charge in [0.2, 0.25) is 11.8 Å². The van der Waals surface area contributed by atoms with Crippen LogP contribution in [0.25, 0.3) is 0 Å². The van der Waals surface area contributed by atoms with Crippen molar-refractivity contribution in [2.24, 2.45) is 0 Å². The standard InChI is InChI=1S/C7H14N2O4/c10-3-1-8-6(12)5-7(13)9-2-4-11/h10-11H,1-5H2,(H,8,12)(H,9,13). The van der Waals surface area contributed by atoms with Crippen molar-refractivity contribution in [3.63, 3.8) is 0 Å². The summed E-state index contributed by atoms with van der Waals surface area (Å²) in [7, 11) is 0. The lowest BCUT2D eigenvalue weighted by atomic mass is 10.3. The number of carbonyl (C=O) groups is 2. The Hall–Kier alpha value is -1.14. The van der Waals surface area contributed by atoms with E-state index in [9.17, 15) is 9.59 Å². The van der Waals surface area contributed by atoms with E-state index in [0.29, 0.717) is 0 Å². The van der Waals surface area contributed by atoms with Crippen molar-refractivity contribution in [3.05, 3.63) is 0 Å². The van der Waals surface area contributed by atoms with E-state index in [0.717, 1.165) is 0 Å². The smallest absolute Gasteiger partial charge is 0.229 e. The van der Waals surface area contributed by atoms with Gasteiger partial charge in [-0.25, -0.2) is 0 Å². The Balaban J connectivity index is 3.47. The second-order valence-electron chi connectivity index (χ2n) is 2.32. The molecule has 6 heteroatoms. The predicted molar refractivity (Wildman–Crippen MR) is 44.8 cm³/mol. The molecule has 0 radical (unpaired) electrons. The molecule has 0 aliphatic rings. The topological polar surface area (TPSA) is 98.7 Å².